The molecule has 26 heavy (non-hydrogen) atoms. The van der Waals surface area contributed by atoms with E-state index in [4.69, 9.17) is 27.9 Å². The van der Waals surface area contributed by atoms with Crippen LogP contribution in [0.15, 0.2) is 52.4 Å². The van der Waals surface area contributed by atoms with E-state index in [0.29, 0.717) is 21.2 Å². The van der Waals surface area contributed by atoms with Crippen LogP contribution in [0.2, 0.25) is 10.0 Å². The first-order valence-corrected chi connectivity index (χ1v) is 9.82. The second-order valence-corrected chi connectivity index (χ2v) is 8.09. The molecular formula is C17H14Cl2N2O4S. The number of aliphatic imine (C=N–C) groups is 1. The van der Waals surface area contributed by atoms with Crippen LogP contribution < -0.4 is 4.72 Å². The lowest BCUT2D eigenvalue weighted by Crippen LogP contribution is -2.26. The Bertz CT molecular complexity index is 1010. The van der Waals surface area contributed by atoms with E-state index in [2.05, 4.69) is 9.71 Å². The maximum atomic E-state index is 12.2. The second kappa shape index (κ2) is 7.26. The van der Waals surface area contributed by atoms with Crippen molar-refractivity contribution < 1.29 is 17.9 Å². The minimum Gasteiger partial charge on any atom is -0.459 e. The molecule has 136 valence electrons. The van der Waals surface area contributed by atoms with Crippen LogP contribution >= 0.6 is 23.2 Å². The standard InChI is InChI=1S/C17H14Cl2N2O4S/c1-10(17(22)25-9-11-6-7-12(18)8-14(11)19)20-16-13-4-2-3-5-15(13)26(23,24)21-16/h2-8,10H,9H2,1H3,(H,20,21)/t10-/m0/s1. The number of ether oxygens (including phenoxy) is 1. The molecule has 0 fully saturated rings. The zero-order valence-electron chi connectivity index (χ0n) is 13.6. The van der Waals surface area contributed by atoms with Gasteiger partial charge in [-0.2, -0.15) is 0 Å². The summed E-state index contributed by atoms with van der Waals surface area (Å²) in [5.74, 6) is -0.485. The van der Waals surface area contributed by atoms with E-state index in [1.165, 1.54) is 13.0 Å². The molecule has 2 aromatic rings. The van der Waals surface area contributed by atoms with Crippen molar-refractivity contribution >= 4 is 45.0 Å². The summed E-state index contributed by atoms with van der Waals surface area (Å²) in [6.45, 7) is 1.49. The van der Waals surface area contributed by atoms with Crippen LogP contribution in [0.3, 0.4) is 0 Å². The molecule has 0 saturated heterocycles. The molecule has 0 amide bonds. The maximum Gasteiger partial charge on any atom is 0.330 e. The summed E-state index contributed by atoms with van der Waals surface area (Å²) < 4.78 is 31.7. The van der Waals surface area contributed by atoms with Crippen molar-refractivity contribution in [3.63, 3.8) is 0 Å². The fraction of sp³-hybridized carbons (Fsp3) is 0.176. The van der Waals surface area contributed by atoms with Crippen LogP contribution in [0, 0.1) is 0 Å². The number of nitrogens with zero attached hydrogens (tertiary/aromatic N) is 1. The maximum absolute atomic E-state index is 12.2. The van der Waals surface area contributed by atoms with Crippen molar-refractivity contribution in [3.8, 4) is 0 Å². The van der Waals surface area contributed by atoms with Crippen molar-refractivity contribution in [2.45, 2.75) is 24.5 Å². The van der Waals surface area contributed by atoms with Crippen molar-refractivity contribution in [3.05, 3.63) is 63.6 Å². The van der Waals surface area contributed by atoms with Gasteiger partial charge in [0, 0.05) is 21.2 Å². The Kier molecular flexibility index (Phi) is 5.22. The summed E-state index contributed by atoms with van der Waals surface area (Å²) in [5.41, 5.74) is 1.03. The molecule has 3 rings (SSSR count). The summed E-state index contributed by atoms with van der Waals surface area (Å²) in [7, 11) is -3.65. The first-order valence-electron chi connectivity index (χ1n) is 7.58. The lowest BCUT2D eigenvalue weighted by Gasteiger charge is -2.10. The number of carbonyl (C=O) groups excluding carboxylic acids is 1. The predicted octanol–water partition coefficient (Wildman–Crippen LogP) is 3.16. The van der Waals surface area contributed by atoms with Gasteiger partial charge in [-0.25, -0.2) is 13.2 Å². The molecule has 0 radical (unpaired) electrons. The molecular weight excluding hydrogens is 399 g/mol. The summed E-state index contributed by atoms with van der Waals surface area (Å²) in [5, 5.41) is 0.874. The third kappa shape index (κ3) is 3.85. The fourth-order valence-corrected chi connectivity index (χ4v) is 4.09. The monoisotopic (exact) mass is 412 g/mol. The molecule has 1 N–H and O–H groups in total. The van der Waals surface area contributed by atoms with E-state index in [1.54, 1.807) is 36.4 Å². The third-order valence-electron chi connectivity index (χ3n) is 3.71. The molecule has 2 aromatic carbocycles. The van der Waals surface area contributed by atoms with Crippen LogP contribution in [0.1, 0.15) is 18.1 Å². The van der Waals surface area contributed by atoms with Crippen LogP contribution in [0.4, 0.5) is 0 Å². The number of hydrogen-bond acceptors (Lipinski definition) is 5. The van der Waals surface area contributed by atoms with Gasteiger partial charge in [-0.05, 0) is 31.2 Å². The highest BCUT2D eigenvalue weighted by molar-refractivity contribution is 7.90. The average Bonchev–Trinajstić information content (AvgIpc) is 2.85. The Balaban J connectivity index is 1.73. The molecule has 1 atom stereocenters. The summed E-state index contributed by atoms with van der Waals surface area (Å²) in [6, 6.07) is 10.4. The summed E-state index contributed by atoms with van der Waals surface area (Å²) >= 11 is 11.9. The van der Waals surface area contributed by atoms with Gasteiger partial charge in [0.05, 0.1) is 4.90 Å². The average molecular weight is 413 g/mol. The highest BCUT2D eigenvalue weighted by Crippen LogP contribution is 2.23. The Morgan fingerprint density at radius 3 is 2.69 bits per heavy atom. The first kappa shape index (κ1) is 18.7. The van der Waals surface area contributed by atoms with Crippen molar-refractivity contribution in [1.82, 2.24) is 4.72 Å². The van der Waals surface area contributed by atoms with Gasteiger partial charge in [-0.15, -0.1) is 0 Å². The van der Waals surface area contributed by atoms with E-state index in [0.717, 1.165) is 0 Å². The number of amidine groups is 1. The minimum atomic E-state index is -3.65. The van der Waals surface area contributed by atoms with Gasteiger partial charge in [0.1, 0.15) is 18.5 Å². The first-order chi connectivity index (χ1) is 12.3. The van der Waals surface area contributed by atoms with Crippen molar-refractivity contribution in [1.29, 1.82) is 0 Å². The highest BCUT2D eigenvalue weighted by atomic mass is 35.5. The number of fused-ring (bicyclic) bond motifs is 1. The largest absolute Gasteiger partial charge is 0.459 e. The number of sulfonamides is 1. The van der Waals surface area contributed by atoms with E-state index in [-0.39, 0.29) is 17.3 Å². The molecule has 0 spiro atoms. The van der Waals surface area contributed by atoms with Crippen molar-refractivity contribution in [2.24, 2.45) is 4.99 Å². The predicted molar refractivity (Wildman–Crippen MR) is 99.0 cm³/mol. The normalized spacial score (nSPS) is 17.4. The Morgan fingerprint density at radius 2 is 1.96 bits per heavy atom. The van der Waals surface area contributed by atoms with Crippen LogP contribution in [0.5, 0.6) is 0 Å². The van der Waals surface area contributed by atoms with Gasteiger partial charge in [0.2, 0.25) is 0 Å². The third-order valence-corrected chi connectivity index (χ3v) is 5.70. The molecule has 1 aliphatic rings. The molecule has 6 nitrogen and oxygen atoms in total. The quantitative estimate of drug-likeness (QED) is 0.781. The highest BCUT2D eigenvalue weighted by Gasteiger charge is 2.31. The number of rotatable bonds is 4. The molecule has 0 bridgehead atoms. The second-order valence-electron chi connectivity index (χ2n) is 5.60. The number of hydrogen-bond donors (Lipinski definition) is 1. The Labute approximate surface area is 160 Å². The fourth-order valence-electron chi connectivity index (χ4n) is 2.38. The molecule has 0 saturated carbocycles. The SMILES string of the molecule is C[C@H](N=C1NS(=O)(=O)c2ccccc21)C(=O)OCc1ccc(Cl)cc1Cl. The zero-order valence-corrected chi connectivity index (χ0v) is 15.9. The Morgan fingerprint density at radius 1 is 1.23 bits per heavy atom. The molecule has 1 aliphatic heterocycles. The molecule has 0 unspecified atom stereocenters. The lowest BCUT2D eigenvalue weighted by molar-refractivity contribution is -0.145. The van der Waals surface area contributed by atoms with Gasteiger partial charge in [0.25, 0.3) is 10.0 Å². The van der Waals surface area contributed by atoms with Gasteiger partial charge < -0.3 is 4.74 Å². The number of halogens is 2. The summed E-state index contributed by atoms with van der Waals surface area (Å²) in [6.07, 6.45) is 0. The smallest absolute Gasteiger partial charge is 0.330 e. The van der Waals surface area contributed by atoms with Crippen LogP contribution in [-0.4, -0.2) is 26.3 Å². The van der Waals surface area contributed by atoms with Gasteiger partial charge in [-0.1, -0.05) is 41.4 Å². The van der Waals surface area contributed by atoms with Gasteiger partial charge in [-0.3, -0.25) is 9.71 Å². The zero-order chi connectivity index (χ0) is 18.9. The number of benzene rings is 2. The van der Waals surface area contributed by atoms with Crippen LogP contribution in [-0.2, 0) is 26.2 Å². The lowest BCUT2D eigenvalue weighted by atomic mass is 10.2. The molecule has 1 heterocycles. The minimum absolute atomic E-state index is 0.0354. The molecule has 0 aliphatic carbocycles. The van der Waals surface area contributed by atoms with Crippen LogP contribution in [0.25, 0.3) is 0 Å². The van der Waals surface area contributed by atoms with E-state index in [1.807, 2.05) is 0 Å². The topological polar surface area (TPSA) is 84.8 Å². The van der Waals surface area contributed by atoms with E-state index < -0.39 is 22.0 Å². The number of nitrogens with one attached hydrogen (secondary N) is 1. The van der Waals surface area contributed by atoms with E-state index in [9.17, 15) is 13.2 Å². The molecule has 9 heteroatoms. The van der Waals surface area contributed by atoms with Gasteiger partial charge >= 0.3 is 5.97 Å². The van der Waals surface area contributed by atoms with Gasteiger partial charge in [0.15, 0.2) is 0 Å². The number of esters is 1. The van der Waals surface area contributed by atoms with Crippen molar-refractivity contribution in [2.75, 3.05) is 0 Å². The summed E-state index contributed by atoms with van der Waals surface area (Å²) in [4.78, 5) is 16.5. The number of carbonyl (C=O) groups is 1. The Hall–Kier alpha value is -2.09. The van der Waals surface area contributed by atoms with E-state index >= 15 is 0 Å². The molecule has 0 aromatic heterocycles.